The van der Waals surface area contributed by atoms with E-state index >= 15 is 0 Å². The van der Waals surface area contributed by atoms with Crippen LogP contribution in [0.1, 0.15) is 25.5 Å². The maximum absolute atomic E-state index is 13.4. The van der Waals surface area contributed by atoms with E-state index in [9.17, 15) is 19.2 Å². The topological polar surface area (TPSA) is 133 Å². The first-order valence-corrected chi connectivity index (χ1v) is 9.51. The SMILES string of the molecule is CC(=O)N1CCC(C(=O)Nc2nonc2/C(=N\O)Nc2ccc(F)c(Br)c2)CC1. The molecule has 0 atom stereocenters. The van der Waals surface area contributed by atoms with E-state index in [4.69, 9.17) is 0 Å². The number of amides is 2. The van der Waals surface area contributed by atoms with Crippen molar-refractivity contribution in [2.24, 2.45) is 11.1 Å². The minimum absolute atomic E-state index is 0.0193. The first-order chi connectivity index (χ1) is 13.9. The van der Waals surface area contributed by atoms with Gasteiger partial charge in [-0.3, -0.25) is 9.59 Å². The summed E-state index contributed by atoms with van der Waals surface area (Å²) in [6, 6.07) is 4.09. The monoisotopic (exact) mass is 468 g/mol. The number of halogens is 2. The first kappa shape index (κ1) is 20.7. The van der Waals surface area contributed by atoms with Crippen LogP contribution in [0, 0.1) is 11.7 Å². The standard InChI is InChI=1S/C17H18BrFN6O4/c1-9(26)25-6-4-10(5-7-25)17(27)21-16-14(23-29-24-16)15(22-28)20-11-2-3-13(19)12(18)8-11/h2-3,8,10,28H,4-7H2,1H3,(H,20,22)(H,21,24,27). The molecule has 2 heterocycles. The van der Waals surface area contributed by atoms with Crippen LogP contribution in [-0.4, -0.2) is 51.2 Å². The van der Waals surface area contributed by atoms with Gasteiger partial charge in [0.1, 0.15) is 5.82 Å². The Morgan fingerprint density at radius 1 is 1.31 bits per heavy atom. The predicted octanol–water partition coefficient (Wildman–Crippen LogP) is 2.42. The average Bonchev–Trinajstić information content (AvgIpc) is 3.16. The zero-order valence-corrected chi connectivity index (χ0v) is 16.9. The maximum Gasteiger partial charge on any atom is 0.228 e. The molecule has 1 fully saturated rings. The molecule has 3 N–H and O–H groups in total. The molecule has 2 aromatic rings. The number of aromatic nitrogens is 2. The molecule has 1 aliphatic heterocycles. The van der Waals surface area contributed by atoms with Crippen LogP contribution in [0.2, 0.25) is 0 Å². The third-order valence-electron chi connectivity index (χ3n) is 4.55. The molecule has 0 aliphatic carbocycles. The third-order valence-corrected chi connectivity index (χ3v) is 5.16. The molecule has 1 aliphatic rings. The molecular weight excluding hydrogens is 451 g/mol. The summed E-state index contributed by atoms with van der Waals surface area (Å²) in [7, 11) is 0. The van der Waals surface area contributed by atoms with E-state index in [-0.39, 0.29) is 39.6 Å². The maximum atomic E-state index is 13.4. The van der Waals surface area contributed by atoms with Crippen molar-refractivity contribution < 1.29 is 23.8 Å². The van der Waals surface area contributed by atoms with Crippen LogP contribution in [0.25, 0.3) is 0 Å². The Labute approximate surface area is 173 Å². The Morgan fingerprint density at radius 2 is 2.03 bits per heavy atom. The molecule has 0 spiro atoms. The lowest BCUT2D eigenvalue weighted by molar-refractivity contribution is -0.132. The number of carbonyl (C=O) groups excluding carboxylic acids is 2. The van der Waals surface area contributed by atoms with E-state index in [1.54, 1.807) is 4.90 Å². The Morgan fingerprint density at radius 3 is 2.66 bits per heavy atom. The number of nitrogens with zero attached hydrogens (tertiary/aromatic N) is 4. The number of rotatable bonds is 4. The van der Waals surface area contributed by atoms with Crippen molar-refractivity contribution in [2.45, 2.75) is 19.8 Å². The lowest BCUT2D eigenvalue weighted by Crippen LogP contribution is -2.40. The van der Waals surface area contributed by atoms with Gasteiger partial charge in [0, 0.05) is 31.6 Å². The molecule has 2 amide bonds. The molecular formula is C17H18BrFN6O4. The van der Waals surface area contributed by atoms with Crippen molar-refractivity contribution in [1.29, 1.82) is 0 Å². The van der Waals surface area contributed by atoms with Gasteiger partial charge in [-0.15, -0.1) is 0 Å². The molecule has 3 rings (SSSR count). The average molecular weight is 469 g/mol. The number of hydrogen-bond acceptors (Lipinski definition) is 7. The minimum atomic E-state index is -0.454. The molecule has 1 saturated heterocycles. The van der Waals surface area contributed by atoms with Gasteiger partial charge in [-0.1, -0.05) is 5.16 Å². The van der Waals surface area contributed by atoms with Gasteiger partial charge < -0.3 is 20.7 Å². The summed E-state index contributed by atoms with van der Waals surface area (Å²) in [6.07, 6.45) is 1.05. The summed E-state index contributed by atoms with van der Waals surface area (Å²) in [6.45, 7) is 2.50. The highest BCUT2D eigenvalue weighted by Crippen LogP contribution is 2.23. The number of hydrogen-bond donors (Lipinski definition) is 3. The Bertz CT molecular complexity index is 942. The zero-order chi connectivity index (χ0) is 21.0. The fourth-order valence-corrected chi connectivity index (χ4v) is 3.32. The number of piperidine rings is 1. The molecule has 29 heavy (non-hydrogen) atoms. The van der Waals surface area contributed by atoms with Crippen molar-refractivity contribution in [3.05, 3.63) is 34.2 Å². The van der Waals surface area contributed by atoms with Gasteiger partial charge >= 0.3 is 0 Å². The molecule has 0 bridgehead atoms. The second-order valence-corrected chi connectivity index (χ2v) is 7.29. The number of likely N-dealkylation sites (tertiary alicyclic amines) is 1. The van der Waals surface area contributed by atoms with E-state index in [1.165, 1.54) is 25.1 Å². The van der Waals surface area contributed by atoms with Crippen molar-refractivity contribution >= 4 is 45.1 Å². The number of amidine groups is 1. The molecule has 0 radical (unpaired) electrons. The molecule has 1 aromatic carbocycles. The van der Waals surface area contributed by atoms with E-state index in [0.29, 0.717) is 31.6 Å². The third kappa shape index (κ3) is 4.88. The highest BCUT2D eigenvalue weighted by atomic mass is 79.9. The van der Waals surface area contributed by atoms with Crippen molar-refractivity contribution in [3.63, 3.8) is 0 Å². The second-order valence-electron chi connectivity index (χ2n) is 6.43. The van der Waals surface area contributed by atoms with Gasteiger partial charge in [0.25, 0.3) is 0 Å². The summed E-state index contributed by atoms with van der Waals surface area (Å²) < 4.78 is 18.3. The van der Waals surface area contributed by atoms with E-state index < -0.39 is 5.82 Å². The van der Waals surface area contributed by atoms with Crippen molar-refractivity contribution in [2.75, 3.05) is 23.7 Å². The van der Waals surface area contributed by atoms with Gasteiger partial charge in [-0.2, -0.15) is 0 Å². The molecule has 0 unspecified atom stereocenters. The van der Waals surface area contributed by atoms with Crippen LogP contribution in [-0.2, 0) is 9.59 Å². The van der Waals surface area contributed by atoms with Gasteiger partial charge in [0.15, 0.2) is 5.69 Å². The Balaban J connectivity index is 1.68. The van der Waals surface area contributed by atoms with Crippen LogP contribution in [0.15, 0.2) is 32.5 Å². The predicted molar refractivity (Wildman–Crippen MR) is 104 cm³/mol. The van der Waals surface area contributed by atoms with E-state index in [0.717, 1.165) is 0 Å². The van der Waals surface area contributed by atoms with Gasteiger partial charge in [-0.05, 0) is 57.3 Å². The summed E-state index contributed by atoms with van der Waals surface area (Å²) >= 11 is 3.07. The van der Waals surface area contributed by atoms with Crippen molar-refractivity contribution in [1.82, 2.24) is 15.2 Å². The normalized spacial score (nSPS) is 15.3. The molecule has 10 nitrogen and oxygen atoms in total. The highest BCUT2D eigenvalue weighted by molar-refractivity contribution is 9.10. The lowest BCUT2D eigenvalue weighted by Gasteiger charge is -2.30. The summed E-state index contributed by atoms with van der Waals surface area (Å²) in [4.78, 5) is 25.6. The van der Waals surface area contributed by atoms with Crippen molar-refractivity contribution in [3.8, 4) is 0 Å². The molecule has 0 saturated carbocycles. The lowest BCUT2D eigenvalue weighted by atomic mass is 9.96. The summed E-state index contributed by atoms with van der Waals surface area (Å²) in [5, 5.41) is 25.2. The molecule has 12 heteroatoms. The summed E-state index contributed by atoms with van der Waals surface area (Å²) in [5.74, 6) is -1.24. The quantitative estimate of drug-likeness (QED) is 0.271. The van der Waals surface area contributed by atoms with E-state index in [1.807, 2.05) is 0 Å². The Hall–Kier alpha value is -3.02. The van der Waals surface area contributed by atoms with Gasteiger partial charge in [-0.25, -0.2) is 9.02 Å². The van der Waals surface area contributed by atoms with E-state index in [2.05, 4.69) is 46.7 Å². The van der Waals surface area contributed by atoms with Gasteiger partial charge in [0.05, 0.1) is 4.47 Å². The second kappa shape index (κ2) is 8.99. The number of benzene rings is 1. The molecule has 1 aromatic heterocycles. The number of nitrogens with one attached hydrogen (secondary N) is 2. The highest BCUT2D eigenvalue weighted by Gasteiger charge is 2.28. The zero-order valence-electron chi connectivity index (χ0n) is 15.4. The van der Waals surface area contributed by atoms with Crippen LogP contribution in [0.3, 0.4) is 0 Å². The van der Waals surface area contributed by atoms with Gasteiger partial charge in [0.2, 0.25) is 23.5 Å². The minimum Gasteiger partial charge on any atom is -0.409 e. The molecule has 154 valence electrons. The summed E-state index contributed by atoms with van der Waals surface area (Å²) in [5.41, 5.74) is 0.380. The number of carbonyl (C=O) groups is 2. The first-order valence-electron chi connectivity index (χ1n) is 8.72. The number of anilines is 2. The van der Waals surface area contributed by atoms with Crippen LogP contribution < -0.4 is 10.6 Å². The number of oxime groups is 1. The fourth-order valence-electron chi connectivity index (χ4n) is 2.94. The van der Waals surface area contributed by atoms with Crippen LogP contribution in [0.5, 0.6) is 0 Å². The largest absolute Gasteiger partial charge is 0.409 e. The van der Waals surface area contributed by atoms with Crippen LogP contribution in [0.4, 0.5) is 15.9 Å². The smallest absolute Gasteiger partial charge is 0.228 e. The fraction of sp³-hybridized carbons (Fsp3) is 0.353. The van der Waals surface area contributed by atoms with Crippen LogP contribution >= 0.6 is 15.9 Å². The Kier molecular flexibility index (Phi) is 6.42.